The molecule has 6 aromatic carbocycles. The minimum atomic E-state index is 1.07. The summed E-state index contributed by atoms with van der Waals surface area (Å²) < 4.78 is 0. The molecule has 0 heterocycles. The molecule has 0 atom stereocenters. The summed E-state index contributed by atoms with van der Waals surface area (Å²) in [6.45, 7) is 4.57. The van der Waals surface area contributed by atoms with Crippen LogP contribution in [0.4, 0.5) is 0 Å². The Kier molecular flexibility index (Phi) is 7.11. The fourth-order valence-electron chi connectivity index (χ4n) is 6.01. The van der Waals surface area contributed by atoms with Crippen LogP contribution < -0.4 is 0 Å². The molecule has 6 rings (SSSR count). The maximum absolute atomic E-state index is 2.38. The van der Waals surface area contributed by atoms with Crippen LogP contribution in [0.5, 0.6) is 0 Å². The molecule has 0 saturated carbocycles. The number of fused-ring (bicyclic) bond motifs is 1. The Labute approximate surface area is 232 Å². The number of aryl methyl sites for hydroxylation is 2. The van der Waals surface area contributed by atoms with E-state index >= 15 is 0 Å². The maximum Gasteiger partial charge on any atom is -0.00140 e. The van der Waals surface area contributed by atoms with Crippen molar-refractivity contribution in [3.8, 4) is 44.5 Å². The first-order chi connectivity index (χ1) is 19.3. The van der Waals surface area contributed by atoms with Gasteiger partial charge >= 0.3 is 0 Å². The summed E-state index contributed by atoms with van der Waals surface area (Å²) in [5.41, 5.74) is 13.0. The molecule has 0 unspecified atom stereocenters. The maximum atomic E-state index is 2.38. The molecule has 0 heteroatoms. The van der Waals surface area contributed by atoms with E-state index in [-0.39, 0.29) is 0 Å². The van der Waals surface area contributed by atoms with Crippen LogP contribution in [-0.4, -0.2) is 0 Å². The van der Waals surface area contributed by atoms with Crippen LogP contribution >= 0.6 is 0 Å². The van der Waals surface area contributed by atoms with Crippen LogP contribution in [0.15, 0.2) is 133 Å². The van der Waals surface area contributed by atoms with E-state index in [1.807, 2.05) is 0 Å². The number of hydrogen-bond acceptors (Lipinski definition) is 0. The molecule has 0 aliphatic heterocycles. The molecule has 0 aliphatic carbocycles. The van der Waals surface area contributed by atoms with Crippen molar-refractivity contribution in [1.29, 1.82) is 0 Å². The van der Waals surface area contributed by atoms with E-state index < -0.39 is 0 Å². The summed E-state index contributed by atoms with van der Waals surface area (Å²) in [4.78, 5) is 0. The third kappa shape index (κ3) is 4.68. The van der Waals surface area contributed by atoms with Crippen molar-refractivity contribution in [3.63, 3.8) is 0 Å². The molecular formula is C39H34. The first-order valence-electron chi connectivity index (χ1n) is 14.1. The molecule has 0 aliphatic rings. The SMILES string of the molecule is CCCCc1ccc(C)c2c(-c3ccccc3)c(-c3ccccc3)c(-c3ccccc3)c(-c3ccccc3)c12. The lowest BCUT2D eigenvalue weighted by molar-refractivity contribution is 0.799. The minimum absolute atomic E-state index is 1.07. The second-order valence-electron chi connectivity index (χ2n) is 10.4. The topological polar surface area (TPSA) is 0 Å². The molecule has 0 bridgehead atoms. The predicted octanol–water partition coefficient (Wildman–Crippen LogP) is 11.2. The third-order valence-electron chi connectivity index (χ3n) is 7.80. The van der Waals surface area contributed by atoms with E-state index in [1.54, 1.807) is 0 Å². The Morgan fingerprint density at radius 3 is 1.21 bits per heavy atom. The predicted molar refractivity (Wildman–Crippen MR) is 169 cm³/mol. The number of benzene rings is 6. The van der Waals surface area contributed by atoms with Gasteiger partial charge < -0.3 is 0 Å². The van der Waals surface area contributed by atoms with Gasteiger partial charge in [-0.05, 0) is 86.2 Å². The van der Waals surface area contributed by atoms with Gasteiger partial charge in [0.25, 0.3) is 0 Å². The molecule has 0 N–H and O–H groups in total. The van der Waals surface area contributed by atoms with Gasteiger partial charge in [0.15, 0.2) is 0 Å². The fourth-order valence-corrected chi connectivity index (χ4v) is 6.01. The summed E-state index contributed by atoms with van der Waals surface area (Å²) in [6.07, 6.45) is 3.42. The lowest BCUT2D eigenvalue weighted by Gasteiger charge is -2.26. The van der Waals surface area contributed by atoms with Crippen molar-refractivity contribution in [2.75, 3.05) is 0 Å². The average Bonchev–Trinajstić information content (AvgIpc) is 3.01. The van der Waals surface area contributed by atoms with Crippen molar-refractivity contribution in [2.45, 2.75) is 33.1 Å². The Balaban J connectivity index is 1.93. The summed E-state index contributed by atoms with van der Waals surface area (Å²) in [5.74, 6) is 0. The highest BCUT2D eigenvalue weighted by Gasteiger charge is 2.26. The van der Waals surface area contributed by atoms with E-state index in [9.17, 15) is 0 Å². The van der Waals surface area contributed by atoms with Gasteiger partial charge in [0.2, 0.25) is 0 Å². The van der Waals surface area contributed by atoms with E-state index in [0.717, 1.165) is 6.42 Å². The van der Waals surface area contributed by atoms with Gasteiger partial charge in [-0.2, -0.15) is 0 Å². The van der Waals surface area contributed by atoms with Crippen LogP contribution in [0.25, 0.3) is 55.3 Å². The average molecular weight is 503 g/mol. The summed E-state index contributed by atoms with van der Waals surface area (Å²) in [7, 11) is 0. The molecule has 0 fully saturated rings. The zero-order valence-corrected chi connectivity index (χ0v) is 22.8. The van der Waals surface area contributed by atoms with Crippen LogP contribution in [0.2, 0.25) is 0 Å². The lowest BCUT2D eigenvalue weighted by Crippen LogP contribution is -2.01. The highest BCUT2D eigenvalue weighted by molar-refractivity contribution is 6.20. The van der Waals surface area contributed by atoms with Crippen molar-refractivity contribution in [3.05, 3.63) is 145 Å². The highest BCUT2D eigenvalue weighted by atomic mass is 14.3. The van der Waals surface area contributed by atoms with Crippen molar-refractivity contribution in [2.24, 2.45) is 0 Å². The van der Waals surface area contributed by atoms with E-state index in [1.165, 1.54) is 79.2 Å². The summed E-state index contributed by atoms with van der Waals surface area (Å²) >= 11 is 0. The van der Waals surface area contributed by atoms with Crippen LogP contribution in [0.1, 0.15) is 30.9 Å². The standard InChI is InChI=1S/C39H34/c1-3-4-17-33-27-26-28(2)34-35(29-18-9-5-10-19-29)37(30-20-11-6-12-21-30)39(32-24-15-8-16-25-32)38(36(33)34)31-22-13-7-14-23-31/h5-16,18-27H,3-4,17H2,1-2H3. The van der Waals surface area contributed by atoms with Crippen LogP contribution in [-0.2, 0) is 6.42 Å². The molecule has 0 saturated heterocycles. The molecule has 190 valence electrons. The lowest BCUT2D eigenvalue weighted by atomic mass is 9.76. The Bertz CT molecular complexity index is 1700. The van der Waals surface area contributed by atoms with Crippen LogP contribution in [0, 0.1) is 6.92 Å². The first-order valence-corrected chi connectivity index (χ1v) is 14.1. The number of unbranched alkanes of at least 4 members (excludes halogenated alkanes) is 1. The van der Waals surface area contributed by atoms with Gasteiger partial charge in [-0.15, -0.1) is 0 Å². The second kappa shape index (κ2) is 11.1. The van der Waals surface area contributed by atoms with E-state index in [2.05, 4.69) is 147 Å². The molecule has 0 radical (unpaired) electrons. The molecular weight excluding hydrogens is 468 g/mol. The molecule has 0 amide bonds. The molecule has 0 nitrogen and oxygen atoms in total. The Morgan fingerprint density at radius 1 is 0.410 bits per heavy atom. The Morgan fingerprint density at radius 2 is 0.795 bits per heavy atom. The summed E-state index contributed by atoms with van der Waals surface area (Å²) in [5, 5.41) is 2.76. The van der Waals surface area contributed by atoms with Crippen molar-refractivity contribution in [1.82, 2.24) is 0 Å². The van der Waals surface area contributed by atoms with Gasteiger partial charge in [0.1, 0.15) is 0 Å². The fraction of sp³-hybridized carbons (Fsp3) is 0.128. The van der Waals surface area contributed by atoms with Gasteiger partial charge in [0, 0.05) is 0 Å². The molecule has 39 heavy (non-hydrogen) atoms. The molecule has 0 spiro atoms. The normalized spacial score (nSPS) is 11.1. The highest BCUT2D eigenvalue weighted by Crippen LogP contribution is 2.52. The van der Waals surface area contributed by atoms with Gasteiger partial charge in [-0.25, -0.2) is 0 Å². The first kappa shape index (κ1) is 24.9. The zero-order chi connectivity index (χ0) is 26.6. The second-order valence-corrected chi connectivity index (χ2v) is 10.4. The van der Waals surface area contributed by atoms with Gasteiger partial charge in [0.05, 0.1) is 0 Å². The van der Waals surface area contributed by atoms with Gasteiger partial charge in [-0.1, -0.05) is 147 Å². The quantitative estimate of drug-likeness (QED) is 0.204. The Hall–Kier alpha value is -4.42. The number of rotatable bonds is 7. The zero-order valence-electron chi connectivity index (χ0n) is 22.8. The van der Waals surface area contributed by atoms with Crippen molar-refractivity contribution >= 4 is 10.8 Å². The smallest absolute Gasteiger partial charge is 0.00140 e. The number of hydrogen-bond donors (Lipinski definition) is 0. The van der Waals surface area contributed by atoms with E-state index in [0.29, 0.717) is 0 Å². The summed E-state index contributed by atoms with van der Waals surface area (Å²) in [6, 6.07) is 48.7. The largest absolute Gasteiger partial charge is 0.0654 e. The van der Waals surface area contributed by atoms with Gasteiger partial charge in [-0.3, -0.25) is 0 Å². The third-order valence-corrected chi connectivity index (χ3v) is 7.80. The van der Waals surface area contributed by atoms with Crippen molar-refractivity contribution < 1.29 is 0 Å². The molecule has 0 aromatic heterocycles. The molecule has 6 aromatic rings. The van der Waals surface area contributed by atoms with Crippen LogP contribution in [0.3, 0.4) is 0 Å². The van der Waals surface area contributed by atoms with E-state index in [4.69, 9.17) is 0 Å². The minimum Gasteiger partial charge on any atom is -0.0654 e. The monoisotopic (exact) mass is 502 g/mol.